The highest BCUT2D eigenvalue weighted by molar-refractivity contribution is 5.79. The van der Waals surface area contributed by atoms with Crippen LogP contribution in [-0.4, -0.2) is 49.2 Å². The Morgan fingerprint density at radius 1 is 0.875 bits per heavy atom. The van der Waals surface area contributed by atoms with Crippen LogP contribution >= 0.6 is 0 Å². The Hall–Kier alpha value is -3.81. The zero-order valence-electron chi connectivity index (χ0n) is 17.8. The molecule has 1 fully saturated rings. The van der Waals surface area contributed by atoms with Crippen molar-refractivity contribution in [3.63, 3.8) is 0 Å². The molecule has 2 aromatic carbocycles. The van der Waals surface area contributed by atoms with Crippen LogP contribution in [0.15, 0.2) is 72.8 Å². The number of amides is 1. The summed E-state index contributed by atoms with van der Waals surface area (Å²) in [5, 5.41) is 15.9. The number of hydrogen-bond donors (Lipinski definition) is 0. The molecule has 8 nitrogen and oxygen atoms in total. The highest BCUT2D eigenvalue weighted by Gasteiger charge is 2.29. The largest absolute Gasteiger partial charge is 0.355 e. The zero-order chi connectivity index (χ0) is 21.8. The van der Waals surface area contributed by atoms with E-state index >= 15 is 0 Å². The summed E-state index contributed by atoms with van der Waals surface area (Å²) in [5.41, 5.74) is 2.91. The second kappa shape index (κ2) is 9.13. The van der Waals surface area contributed by atoms with Crippen molar-refractivity contribution >= 4 is 17.4 Å². The average molecular weight is 428 g/mol. The molecule has 1 aliphatic heterocycles. The van der Waals surface area contributed by atoms with Crippen molar-refractivity contribution in [3.05, 3.63) is 83.9 Å². The Morgan fingerprint density at radius 2 is 1.50 bits per heavy atom. The molecule has 1 aliphatic rings. The van der Waals surface area contributed by atoms with Crippen LogP contribution in [0.4, 0.5) is 5.82 Å². The van der Waals surface area contributed by atoms with Crippen molar-refractivity contribution in [3.8, 4) is 0 Å². The van der Waals surface area contributed by atoms with E-state index in [9.17, 15) is 4.79 Å². The Morgan fingerprint density at radius 3 is 2.12 bits per heavy atom. The predicted molar refractivity (Wildman–Crippen MR) is 121 cm³/mol. The molecule has 1 saturated heterocycles. The molecule has 4 aromatic rings. The van der Waals surface area contributed by atoms with Crippen molar-refractivity contribution < 1.29 is 4.79 Å². The van der Waals surface area contributed by atoms with E-state index in [4.69, 9.17) is 0 Å². The molecule has 0 N–H and O–H groups in total. The van der Waals surface area contributed by atoms with Gasteiger partial charge in [-0.1, -0.05) is 60.7 Å². The van der Waals surface area contributed by atoms with Gasteiger partial charge in [0.1, 0.15) is 0 Å². The number of carbonyl (C=O) groups excluding carboxylic acids is 1. The van der Waals surface area contributed by atoms with E-state index in [-0.39, 0.29) is 11.8 Å². The van der Waals surface area contributed by atoms with Gasteiger partial charge < -0.3 is 9.80 Å². The molecule has 162 valence electrons. The minimum Gasteiger partial charge on any atom is -0.355 e. The lowest BCUT2D eigenvalue weighted by atomic mass is 9.94. The second-order valence-corrected chi connectivity index (χ2v) is 8.14. The lowest BCUT2D eigenvalue weighted by molar-refractivity contribution is -0.137. The molecule has 2 aromatic heterocycles. The van der Waals surface area contributed by atoms with Crippen LogP contribution in [0.3, 0.4) is 0 Å². The minimum atomic E-state index is 0.00967. The van der Waals surface area contributed by atoms with E-state index in [2.05, 4.69) is 49.8 Å². The van der Waals surface area contributed by atoms with Gasteiger partial charge in [0.25, 0.3) is 0 Å². The van der Waals surface area contributed by atoms with Gasteiger partial charge in [0.05, 0.1) is 0 Å². The summed E-state index contributed by atoms with van der Waals surface area (Å²) in [6, 6.07) is 24.2. The Kier molecular flexibility index (Phi) is 5.74. The van der Waals surface area contributed by atoms with E-state index in [0.717, 1.165) is 42.9 Å². The first-order chi connectivity index (χ1) is 15.8. The molecule has 0 aliphatic carbocycles. The number of anilines is 1. The van der Waals surface area contributed by atoms with Crippen molar-refractivity contribution in [1.29, 1.82) is 0 Å². The van der Waals surface area contributed by atoms with Crippen LogP contribution in [-0.2, 0) is 17.9 Å². The van der Waals surface area contributed by atoms with Gasteiger partial charge in [0.2, 0.25) is 5.91 Å². The fraction of sp³-hybridized carbons (Fsp3) is 0.292. The zero-order valence-corrected chi connectivity index (χ0v) is 17.8. The van der Waals surface area contributed by atoms with E-state index < -0.39 is 0 Å². The molecule has 0 saturated carbocycles. The summed E-state index contributed by atoms with van der Waals surface area (Å²) >= 11 is 0. The number of nitrogens with zero attached hydrogens (tertiary/aromatic N) is 7. The van der Waals surface area contributed by atoms with Crippen LogP contribution in [0.5, 0.6) is 0 Å². The number of tetrazole rings is 1. The number of fused-ring (bicyclic) bond motifs is 1. The van der Waals surface area contributed by atoms with E-state index in [1.165, 1.54) is 4.63 Å². The first-order valence-electron chi connectivity index (χ1n) is 10.9. The highest BCUT2D eigenvalue weighted by Crippen LogP contribution is 2.25. The normalized spacial score (nSPS) is 14.6. The molecule has 0 spiro atoms. The number of rotatable bonds is 6. The van der Waals surface area contributed by atoms with Gasteiger partial charge in [0.15, 0.2) is 11.5 Å². The number of aromatic nitrogens is 5. The molecular formula is C24H25N7O. The highest BCUT2D eigenvalue weighted by atomic mass is 16.2. The molecule has 5 rings (SSSR count). The van der Waals surface area contributed by atoms with Crippen molar-refractivity contribution in [2.45, 2.75) is 25.9 Å². The summed E-state index contributed by atoms with van der Waals surface area (Å²) in [6.07, 6.45) is 1.60. The summed E-state index contributed by atoms with van der Waals surface area (Å²) in [4.78, 5) is 17.7. The molecule has 8 heteroatoms. The fourth-order valence-corrected chi connectivity index (χ4v) is 4.24. The van der Waals surface area contributed by atoms with Gasteiger partial charge in [-0.15, -0.1) is 14.8 Å². The summed E-state index contributed by atoms with van der Waals surface area (Å²) in [7, 11) is 0. The first kappa shape index (κ1) is 20.1. The summed E-state index contributed by atoms with van der Waals surface area (Å²) in [5.74, 6) is 1.07. The van der Waals surface area contributed by atoms with Crippen LogP contribution in [0.1, 0.15) is 24.0 Å². The quantitative estimate of drug-likeness (QED) is 0.471. The molecule has 1 amide bonds. The predicted octanol–water partition coefficient (Wildman–Crippen LogP) is 2.96. The van der Waals surface area contributed by atoms with Gasteiger partial charge >= 0.3 is 0 Å². The SMILES string of the molecule is O=C(C1CCN(c2ccc3nnnn3n2)CC1)N(Cc1ccccc1)Cc1ccccc1. The lowest BCUT2D eigenvalue weighted by Gasteiger charge is -2.35. The average Bonchev–Trinajstić information content (AvgIpc) is 3.33. The van der Waals surface area contributed by atoms with E-state index in [1.807, 2.05) is 53.4 Å². The smallest absolute Gasteiger partial charge is 0.226 e. The second-order valence-electron chi connectivity index (χ2n) is 8.14. The Labute approximate surface area is 186 Å². The fourth-order valence-electron chi connectivity index (χ4n) is 4.24. The van der Waals surface area contributed by atoms with E-state index in [1.54, 1.807) is 0 Å². The van der Waals surface area contributed by atoms with Crippen LogP contribution in [0, 0.1) is 5.92 Å². The molecule has 3 heterocycles. The Balaban J connectivity index is 1.28. The van der Waals surface area contributed by atoms with E-state index in [0.29, 0.717) is 18.7 Å². The van der Waals surface area contributed by atoms with Gasteiger partial charge in [-0.3, -0.25) is 4.79 Å². The third-order valence-electron chi connectivity index (χ3n) is 5.97. The maximum Gasteiger partial charge on any atom is 0.226 e. The lowest BCUT2D eigenvalue weighted by Crippen LogP contribution is -2.42. The molecular weight excluding hydrogens is 402 g/mol. The van der Waals surface area contributed by atoms with Crippen LogP contribution in [0.2, 0.25) is 0 Å². The van der Waals surface area contributed by atoms with Gasteiger partial charge in [-0.05, 0) is 46.5 Å². The molecule has 0 radical (unpaired) electrons. The first-order valence-corrected chi connectivity index (χ1v) is 10.9. The van der Waals surface area contributed by atoms with Crippen LogP contribution in [0.25, 0.3) is 5.65 Å². The molecule has 0 unspecified atom stereocenters. The standard InChI is InChI=1S/C24H25N7O/c32-24(30(17-19-7-3-1-4-8-19)18-20-9-5-2-6-10-20)21-13-15-29(16-14-21)23-12-11-22-25-27-28-31(22)26-23/h1-12,21H,13-18H2. The molecule has 0 atom stereocenters. The van der Waals surface area contributed by atoms with Crippen molar-refractivity contribution in [2.75, 3.05) is 18.0 Å². The topological polar surface area (TPSA) is 79.5 Å². The Bertz CT molecular complexity index is 1130. The van der Waals surface area contributed by atoms with Crippen LogP contribution < -0.4 is 4.90 Å². The van der Waals surface area contributed by atoms with Gasteiger partial charge in [-0.2, -0.15) is 0 Å². The summed E-state index contributed by atoms with van der Waals surface area (Å²) < 4.78 is 1.44. The monoisotopic (exact) mass is 427 g/mol. The third-order valence-corrected chi connectivity index (χ3v) is 5.97. The number of hydrogen-bond acceptors (Lipinski definition) is 6. The van der Waals surface area contributed by atoms with Crippen molar-refractivity contribution in [2.24, 2.45) is 5.92 Å². The van der Waals surface area contributed by atoms with Gasteiger partial charge in [0, 0.05) is 32.1 Å². The van der Waals surface area contributed by atoms with Gasteiger partial charge in [-0.25, -0.2) is 0 Å². The maximum absolute atomic E-state index is 13.6. The third kappa shape index (κ3) is 4.44. The minimum absolute atomic E-state index is 0.00967. The molecule has 32 heavy (non-hydrogen) atoms. The summed E-state index contributed by atoms with van der Waals surface area (Å²) in [6.45, 7) is 2.79. The molecule has 0 bridgehead atoms. The van der Waals surface area contributed by atoms with Crippen molar-refractivity contribution in [1.82, 2.24) is 30.2 Å². The number of carbonyl (C=O) groups is 1. The maximum atomic E-state index is 13.6. The number of benzene rings is 2. The number of piperidine rings is 1.